The highest BCUT2D eigenvalue weighted by atomic mass is 16.2. The third-order valence-electron chi connectivity index (χ3n) is 4.97. The number of amides is 1. The summed E-state index contributed by atoms with van der Waals surface area (Å²) >= 11 is 0. The quantitative estimate of drug-likeness (QED) is 0.781. The second-order valence-electron chi connectivity index (χ2n) is 6.54. The number of anilines is 2. The molecule has 0 spiro atoms. The Balaban J connectivity index is 1.64. The number of hydrogen-bond donors (Lipinski definition) is 0. The molecule has 0 saturated carbocycles. The van der Waals surface area contributed by atoms with Crippen LogP contribution in [0.4, 0.5) is 11.6 Å². The Morgan fingerprint density at radius 2 is 1.78 bits per heavy atom. The normalized spacial score (nSPS) is 14.3. The average molecular weight is 370 g/mol. The van der Waals surface area contributed by atoms with Crippen LogP contribution in [-0.4, -0.2) is 64.8 Å². The Morgan fingerprint density at radius 3 is 2.37 bits per heavy atom. The number of carbonyl (C=O) groups excluding carboxylic acids is 1. The van der Waals surface area contributed by atoms with Gasteiger partial charge in [-0.2, -0.15) is 0 Å². The smallest absolute Gasteiger partial charge is 0.263 e. The predicted molar refractivity (Wildman–Crippen MR) is 105 cm³/mol. The number of hydrogen-bond acceptors (Lipinski definition) is 6. The summed E-state index contributed by atoms with van der Waals surface area (Å²) in [4.78, 5) is 30.8. The van der Waals surface area contributed by atoms with Crippen LogP contribution in [0.5, 0.6) is 0 Å². The molecule has 0 aromatic carbocycles. The van der Waals surface area contributed by atoms with Crippen molar-refractivity contribution in [2.45, 2.75) is 13.8 Å². The van der Waals surface area contributed by atoms with Crippen molar-refractivity contribution in [3.05, 3.63) is 46.4 Å². The Kier molecular flexibility index (Phi) is 5.73. The van der Waals surface area contributed by atoms with Crippen molar-refractivity contribution >= 4 is 17.5 Å². The van der Waals surface area contributed by atoms with Crippen LogP contribution in [0.1, 0.15) is 24.2 Å². The van der Waals surface area contributed by atoms with Crippen molar-refractivity contribution in [3.8, 4) is 0 Å². The van der Waals surface area contributed by atoms with E-state index in [2.05, 4.69) is 33.8 Å². The van der Waals surface area contributed by atoms with Gasteiger partial charge in [0.1, 0.15) is 5.56 Å². The summed E-state index contributed by atoms with van der Waals surface area (Å²) < 4.78 is 1.43. The fourth-order valence-electron chi connectivity index (χ4n) is 3.27. The average Bonchev–Trinajstić information content (AvgIpc) is 2.71. The van der Waals surface area contributed by atoms with Crippen LogP contribution >= 0.6 is 0 Å². The molecule has 1 amide bonds. The number of piperazine rings is 1. The van der Waals surface area contributed by atoms with Gasteiger partial charge in [-0.05, 0) is 38.1 Å². The largest absolute Gasteiger partial charge is 0.356 e. The number of carbonyl (C=O) groups is 1. The molecule has 1 saturated heterocycles. The molecular formula is C19H26N6O2. The van der Waals surface area contributed by atoms with E-state index in [1.54, 1.807) is 30.3 Å². The Labute approximate surface area is 159 Å². The van der Waals surface area contributed by atoms with Gasteiger partial charge in [-0.3, -0.25) is 9.59 Å². The van der Waals surface area contributed by atoms with E-state index in [1.165, 1.54) is 4.57 Å². The first-order valence-electron chi connectivity index (χ1n) is 9.33. The lowest BCUT2D eigenvalue weighted by Crippen LogP contribution is -2.50. The van der Waals surface area contributed by atoms with Crippen molar-refractivity contribution < 1.29 is 4.79 Å². The molecule has 27 heavy (non-hydrogen) atoms. The Bertz CT molecular complexity index is 836. The SMILES string of the molecule is CCN(CC)c1ccc(N2CCN(C(=O)c3cccn(C)c3=O)CC2)nn1. The van der Waals surface area contributed by atoms with Gasteiger partial charge in [0.05, 0.1) is 0 Å². The molecule has 0 N–H and O–H groups in total. The van der Waals surface area contributed by atoms with E-state index in [9.17, 15) is 9.59 Å². The summed E-state index contributed by atoms with van der Waals surface area (Å²) in [6, 6.07) is 7.28. The molecule has 1 fully saturated rings. The monoisotopic (exact) mass is 370 g/mol. The maximum atomic E-state index is 12.7. The van der Waals surface area contributed by atoms with Gasteiger partial charge in [0.2, 0.25) is 0 Å². The van der Waals surface area contributed by atoms with Crippen LogP contribution < -0.4 is 15.4 Å². The first-order valence-corrected chi connectivity index (χ1v) is 9.33. The highest BCUT2D eigenvalue weighted by Crippen LogP contribution is 2.17. The molecule has 0 unspecified atom stereocenters. The molecule has 3 heterocycles. The summed E-state index contributed by atoms with van der Waals surface area (Å²) in [6.45, 7) is 8.41. The summed E-state index contributed by atoms with van der Waals surface area (Å²) in [5.74, 6) is 1.48. The molecule has 8 heteroatoms. The summed E-state index contributed by atoms with van der Waals surface area (Å²) in [5, 5.41) is 8.68. The molecule has 3 rings (SSSR count). The van der Waals surface area contributed by atoms with Gasteiger partial charge in [0.15, 0.2) is 11.6 Å². The first kappa shape index (κ1) is 18.9. The lowest BCUT2D eigenvalue weighted by atomic mass is 10.2. The van der Waals surface area contributed by atoms with Crippen LogP contribution in [0.15, 0.2) is 35.3 Å². The van der Waals surface area contributed by atoms with Crippen LogP contribution in [0.25, 0.3) is 0 Å². The molecule has 144 valence electrons. The highest BCUT2D eigenvalue weighted by molar-refractivity contribution is 5.94. The van der Waals surface area contributed by atoms with Crippen LogP contribution in [0.2, 0.25) is 0 Å². The lowest BCUT2D eigenvalue weighted by Gasteiger charge is -2.35. The van der Waals surface area contributed by atoms with Crippen molar-refractivity contribution in [2.24, 2.45) is 7.05 Å². The van der Waals surface area contributed by atoms with Gasteiger partial charge in [0.25, 0.3) is 11.5 Å². The molecule has 1 aliphatic rings. The molecule has 8 nitrogen and oxygen atoms in total. The van der Waals surface area contributed by atoms with Crippen LogP contribution in [-0.2, 0) is 7.05 Å². The molecule has 2 aromatic heterocycles. The van der Waals surface area contributed by atoms with E-state index in [1.807, 2.05) is 12.1 Å². The van der Waals surface area contributed by atoms with Gasteiger partial charge in [-0.25, -0.2) is 0 Å². The third-order valence-corrected chi connectivity index (χ3v) is 4.97. The van der Waals surface area contributed by atoms with Gasteiger partial charge < -0.3 is 19.3 Å². The van der Waals surface area contributed by atoms with E-state index in [0.29, 0.717) is 26.2 Å². The maximum Gasteiger partial charge on any atom is 0.263 e. The number of pyridine rings is 1. The minimum absolute atomic E-state index is 0.209. The first-order chi connectivity index (χ1) is 13.0. The molecule has 0 aliphatic carbocycles. The summed E-state index contributed by atoms with van der Waals surface area (Å²) in [5.41, 5.74) is -0.0420. The number of aryl methyl sites for hydroxylation is 1. The number of nitrogens with zero attached hydrogens (tertiary/aromatic N) is 6. The third kappa shape index (κ3) is 3.94. The summed E-state index contributed by atoms with van der Waals surface area (Å²) in [7, 11) is 1.65. The number of aromatic nitrogens is 3. The van der Waals surface area contributed by atoms with Crippen LogP contribution in [0.3, 0.4) is 0 Å². The second-order valence-corrected chi connectivity index (χ2v) is 6.54. The molecular weight excluding hydrogens is 344 g/mol. The zero-order chi connectivity index (χ0) is 19.4. The molecule has 0 atom stereocenters. The minimum atomic E-state index is -0.261. The van der Waals surface area contributed by atoms with Gasteiger partial charge >= 0.3 is 0 Å². The zero-order valence-electron chi connectivity index (χ0n) is 16.1. The Morgan fingerprint density at radius 1 is 1.07 bits per heavy atom. The van der Waals surface area contributed by atoms with Gasteiger partial charge in [-0.15, -0.1) is 10.2 Å². The fourth-order valence-corrected chi connectivity index (χ4v) is 3.27. The molecule has 0 bridgehead atoms. The topological polar surface area (TPSA) is 74.6 Å². The molecule has 0 radical (unpaired) electrons. The fraction of sp³-hybridized carbons (Fsp3) is 0.474. The van der Waals surface area contributed by atoms with E-state index in [0.717, 1.165) is 24.7 Å². The van der Waals surface area contributed by atoms with E-state index in [-0.39, 0.29) is 17.0 Å². The van der Waals surface area contributed by atoms with Crippen molar-refractivity contribution in [2.75, 3.05) is 49.1 Å². The van der Waals surface area contributed by atoms with Crippen molar-refractivity contribution in [1.29, 1.82) is 0 Å². The second kappa shape index (κ2) is 8.20. The molecule has 1 aliphatic heterocycles. The predicted octanol–water partition coefficient (Wildman–Crippen LogP) is 0.984. The highest BCUT2D eigenvalue weighted by Gasteiger charge is 2.24. The van der Waals surface area contributed by atoms with Crippen molar-refractivity contribution in [3.63, 3.8) is 0 Å². The number of rotatable bonds is 5. The standard InChI is InChI=1S/C19H26N6O2/c1-4-23(5-2)16-8-9-17(21-20-16)24-11-13-25(14-12-24)19(27)15-7-6-10-22(3)18(15)26/h6-10H,4-5,11-14H2,1-3H3. The zero-order valence-corrected chi connectivity index (χ0v) is 16.1. The van der Waals surface area contributed by atoms with Crippen molar-refractivity contribution in [1.82, 2.24) is 19.7 Å². The van der Waals surface area contributed by atoms with E-state index < -0.39 is 0 Å². The van der Waals surface area contributed by atoms with Crippen LogP contribution in [0, 0.1) is 0 Å². The van der Waals surface area contributed by atoms with E-state index in [4.69, 9.17) is 0 Å². The summed E-state index contributed by atoms with van der Waals surface area (Å²) in [6.07, 6.45) is 1.65. The minimum Gasteiger partial charge on any atom is -0.356 e. The van der Waals surface area contributed by atoms with Gasteiger partial charge in [-0.1, -0.05) is 0 Å². The van der Waals surface area contributed by atoms with Gasteiger partial charge in [0, 0.05) is 52.5 Å². The maximum absolute atomic E-state index is 12.7. The Hall–Kier alpha value is -2.90. The molecule has 2 aromatic rings. The lowest BCUT2D eigenvalue weighted by molar-refractivity contribution is 0.0744. The van der Waals surface area contributed by atoms with E-state index >= 15 is 0 Å².